The van der Waals surface area contributed by atoms with Crippen LogP contribution < -0.4 is 5.73 Å². The Labute approximate surface area is 106 Å². The fourth-order valence-corrected chi connectivity index (χ4v) is 1.97. The van der Waals surface area contributed by atoms with Crippen molar-refractivity contribution in [2.75, 3.05) is 5.73 Å². The summed E-state index contributed by atoms with van der Waals surface area (Å²) in [5.41, 5.74) is 7.71. The molecule has 0 spiro atoms. The van der Waals surface area contributed by atoms with Crippen LogP contribution in [-0.4, -0.2) is 9.78 Å². The third-order valence-corrected chi connectivity index (χ3v) is 3.25. The van der Waals surface area contributed by atoms with E-state index in [1.54, 1.807) is 0 Å². The summed E-state index contributed by atoms with van der Waals surface area (Å²) >= 11 is 6.14. The number of hydrogen-bond donors (Lipinski definition) is 1. The molecule has 0 bridgehead atoms. The average molecular weight is 250 g/mol. The highest BCUT2D eigenvalue weighted by molar-refractivity contribution is 6.33. The molecule has 1 heterocycles. The predicted molar refractivity (Wildman–Crippen MR) is 72.1 cm³/mol. The summed E-state index contributed by atoms with van der Waals surface area (Å²) in [6, 6.07) is 9.82. The van der Waals surface area contributed by atoms with Crippen LogP contribution in [0.25, 0.3) is 11.3 Å². The molecule has 3 nitrogen and oxygen atoms in total. The fraction of sp³-hybridized carbons (Fsp3) is 0.308. The van der Waals surface area contributed by atoms with Crippen molar-refractivity contribution in [3.8, 4) is 11.3 Å². The van der Waals surface area contributed by atoms with Crippen LogP contribution in [-0.2, 0) is 0 Å². The van der Waals surface area contributed by atoms with Crippen molar-refractivity contribution in [1.29, 1.82) is 0 Å². The lowest BCUT2D eigenvalue weighted by molar-refractivity contribution is 0.486. The molecule has 2 rings (SSSR count). The Kier molecular flexibility index (Phi) is 3.38. The molecule has 0 aliphatic carbocycles. The van der Waals surface area contributed by atoms with Crippen LogP contribution >= 0.6 is 11.6 Å². The molecule has 4 heteroatoms. The normalized spacial score (nSPS) is 12.6. The van der Waals surface area contributed by atoms with Crippen molar-refractivity contribution >= 4 is 17.4 Å². The van der Waals surface area contributed by atoms with Crippen molar-refractivity contribution in [3.63, 3.8) is 0 Å². The number of hydrogen-bond acceptors (Lipinski definition) is 2. The molecule has 90 valence electrons. The molecular weight excluding hydrogens is 234 g/mol. The van der Waals surface area contributed by atoms with Crippen molar-refractivity contribution in [2.45, 2.75) is 26.3 Å². The van der Waals surface area contributed by atoms with E-state index in [0.717, 1.165) is 17.7 Å². The molecule has 1 aromatic heterocycles. The largest absolute Gasteiger partial charge is 0.384 e. The van der Waals surface area contributed by atoms with E-state index >= 15 is 0 Å². The minimum absolute atomic E-state index is 0.297. The number of nitrogens with two attached hydrogens (primary N) is 1. The Bertz CT molecular complexity index is 519. The third kappa shape index (κ3) is 2.29. The number of benzene rings is 1. The number of nitrogens with zero attached hydrogens (tertiary/aromatic N) is 2. The smallest absolute Gasteiger partial charge is 0.122 e. The van der Waals surface area contributed by atoms with Crippen molar-refractivity contribution in [1.82, 2.24) is 9.78 Å². The minimum Gasteiger partial charge on any atom is -0.384 e. The fourth-order valence-electron chi connectivity index (χ4n) is 1.74. The third-order valence-electron chi connectivity index (χ3n) is 2.92. The lowest BCUT2D eigenvalue weighted by Crippen LogP contribution is -2.09. The standard InChI is InChI=1S/C13H16ClN3/c1-3-9(2)17-13(15)8-12(16-17)10-6-4-5-7-11(10)14/h4-9H,3,15H2,1-2H3. The van der Waals surface area contributed by atoms with E-state index in [4.69, 9.17) is 17.3 Å². The molecule has 0 fully saturated rings. The first-order valence-corrected chi connectivity index (χ1v) is 6.11. The maximum atomic E-state index is 6.14. The van der Waals surface area contributed by atoms with Gasteiger partial charge < -0.3 is 5.73 Å². The highest BCUT2D eigenvalue weighted by Crippen LogP contribution is 2.29. The molecule has 0 saturated carbocycles. The molecule has 0 saturated heterocycles. The zero-order chi connectivity index (χ0) is 12.4. The minimum atomic E-state index is 0.297. The van der Waals surface area contributed by atoms with Gasteiger partial charge in [0.15, 0.2) is 0 Å². The molecule has 0 aliphatic rings. The summed E-state index contributed by atoms with van der Waals surface area (Å²) in [6.45, 7) is 4.21. The molecule has 0 amide bonds. The number of halogens is 1. The second-order valence-corrected chi connectivity index (χ2v) is 4.54. The zero-order valence-corrected chi connectivity index (χ0v) is 10.8. The van der Waals surface area contributed by atoms with Gasteiger partial charge in [-0.2, -0.15) is 5.10 Å². The summed E-state index contributed by atoms with van der Waals surface area (Å²) in [5.74, 6) is 0.675. The lowest BCUT2D eigenvalue weighted by atomic mass is 10.1. The van der Waals surface area contributed by atoms with Crippen molar-refractivity contribution < 1.29 is 0 Å². The van der Waals surface area contributed by atoms with E-state index in [9.17, 15) is 0 Å². The molecule has 1 atom stereocenters. The van der Waals surface area contributed by atoms with Crippen molar-refractivity contribution in [2.24, 2.45) is 0 Å². The Balaban J connectivity index is 2.45. The molecule has 2 aromatic rings. The van der Waals surface area contributed by atoms with Crippen LogP contribution in [0.2, 0.25) is 5.02 Å². The number of anilines is 1. The Morgan fingerprint density at radius 2 is 2.12 bits per heavy atom. The summed E-state index contributed by atoms with van der Waals surface area (Å²) in [7, 11) is 0. The Morgan fingerprint density at radius 3 is 2.76 bits per heavy atom. The molecule has 1 unspecified atom stereocenters. The van der Waals surface area contributed by atoms with Gasteiger partial charge in [0.1, 0.15) is 5.82 Å². The van der Waals surface area contributed by atoms with Crippen LogP contribution in [0.5, 0.6) is 0 Å². The van der Waals surface area contributed by atoms with E-state index in [1.807, 2.05) is 35.0 Å². The van der Waals surface area contributed by atoms with Gasteiger partial charge in [0.05, 0.1) is 16.8 Å². The number of nitrogen functional groups attached to an aromatic ring is 1. The SMILES string of the molecule is CCC(C)n1nc(-c2ccccc2Cl)cc1N. The van der Waals surface area contributed by atoms with Gasteiger partial charge in [-0.15, -0.1) is 0 Å². The van der Waals surface area contributed by atoms with E-state index in [-0.39, 0.29) is 0 Å². The van der Waals surface area contributed by atoms with E-state index in [0.29, 0.717) is 16.9 Å². The summed E-state index contributed by atoms with van der Waals surface area (Å²) in [6.07, 6.45) is 0.994. The van der Waals surface area contributed by atoms with Gasteiger partial charge in [-0.05, 0) is 19.4 Å². The quantitative estimate of drug-likeness (QED) is 0.900. The molecule has 1 aromatic carbocycles. The summed E-state index contributed by atoms with van der Waals surface area (Å²) in [4.78, 5) is 0. The topological polar surface area (TPSA) is 43.8 Å². The second kappa shape index (κ2) is 4.80. The predicted octanol–water partition coefficient (Wildman–Crippen LogP) is 3.76. The molecule has 17 heavy (non-hydrogen) atoms. The molecule has 0 radical (unpaired) electrons. The van der Waals surface area contributed by atoms with Crippen LogP contribution in [0.4, 0.5) is 5.82 Å². The van der Waals surface area contributed by atoms with E-state index in [1.165, 1.54) is 0 Å². The zero-order valence-electron chi connectivity index (χ0n) is 10.0. The van der Waals surface area contributed by atoms with Gasteiger partial charge >= 0.3 is 0 Å². The maximum Gasteiger partial charge on any atom is 0.122 e. The highest BCUT2D eigenvalue weighted by Gasteiger charge is 2.12. The highest BCUT2D eigenvalue weighted by atomic mass is 35.5. The van der Waals surface area contributed by atoms with Crippen LogP contribution in [0.3, 0.4) is 0 Å². The van der Waals surface area contributed by atoms with Crippen LogP contribution in [0, 0.1) is 0 Å². The van der Waals surface area contributed by atoms with Gasteiger partial charge in [0.2, 0.25) is 0 Å². The Morgan fingerprint density at radius 1 is 1.41 bits per heavy atom. The first-order chi connectivity index (χ1) is 8.13. The number of rotatable bonds is 3. The molecule has 2 N–H and O–H groups in total. The first-order valence-electron chi connectivity index (χ1n) is 5.73. The molecule has 0 aliphatic heterocycles. The van der Waals surface area contributed by atoms with E-state index in [2.05, 4.69) is 18.9 Å². The van der Waals surface area contributed by atoms with Crippen molar-refractivity contribution in [3.05, 3.63) is 35.4 Å². The van der Waals surface area contributed by atoms with Crippen LogP contribution in [0.15, 0.2) is 30.3 Å². The summed E-state index contributed by atoms with van der Waals surface area (Å²) in [5, 5.41) is 5.21. The van der Waals surface area contributed by atoms with Gasteiger partial charge in [-0.3, -0.25) is 0 Å². The first kappa shape index (κ1) is 12.0. The van der Waals surface area contributed by atoms with Crippen LogP contribution in [0.1, 0.15) is 26.3 Å². The molecular formula is C13H16ClN3. The summed E-state index contributed by atoms with van der Waals surface area (Å²) < 4.78 is 1.85. The maximum absolute atomic E-state index is 6.14. The lowest BCUT2D eigenvalue weighted by Gasteiger charge is -2.10. The van der Waals surface area contributed by atoms with Gasteiger partial charge in [0, 0.05) is 11.6 Å². The van der Waals surface area contributed by atoms with Gasteiger partial charge in [-0.1, -0.05) is 36.7 Å². The second-order valence-electron chi connectivity index (χ2n) is 4.14. The monoisotopic (exact) mass is 249 g/mol. The van der Waals surface area contributed by atoms with Gasteiger partial charge in [-0.25, -0.2) is 4.68 Å². The average Bonchev–Trinajstić information content (AvgIpc) is 2.71. The van der Waals surface area contributed by atoms with Gasteiger partial charge in [0.25, 0.3) is 0 Å². The number of aromatic nitrogens is 2. The Hall–Kier alpha value is -1.48. The van der Waals surface area contributed by atoms with E-state index < -0.39 is 0 Å².